The highest BCUT2D eigenvalue weighted by Crippen LogP contribution is 2.21. The molecule has 3 rings (SSSR count). The van der Waals surface area contributed by atoms with Gasteiger partial charge >= 0.3 is 6.09 Å². The van der Waals surface area contributed by atoms with E-state index in [0.717, 1.165) is 4.90 Å². The molecular formula is C16H21N3O2. The van der Waals surface area contributed by atoms with E-state index in [-0.39, 0.29) is 59.9 Å². The van der Waals surface area contributed by atoms with Crippen molar-refractivity contribution in [3.63, 3.8) is 0 Å². The first-order chi connectivity index (χ1) is 13.8. The van der Waals surface area contributed by atoms with Crippen molar-refractivity contribution in [1.82, 2.24) is 15.2 Å². The molecule has 1 aromatic heterocycles. The van der Waals surface area contributed by atoms with Gasteiger partial charge in [-0.2, -0.15) is 0 Å². The van der Waals surface area contributed by atoms with E-state index in [1.807, 2.05) is 0 Å². The third-order valence-electron chi connectivity index (χ3n) is 3.14. The number of fused-ring (bicyclic) bond motifs is 1. The maximum Gasteiger partial charge on any atom is 0.407 e. The molecular weight excluding hydrogens is 266 g/mol. The molecule has 1 atom stereocenters. The predicted octanol–water partition coefficient (Wildman–Crippen LogP) is 1.92. The number of H-pyrrole nitrogens is 1. The van der Waals surface area contributed by atoms with Crippen molar-refractivity contribution in [2.75, 3.05) is 27.2 Å². The second-order valence-corrected chi connectivity index (χ2v) is 4.84. The number of hydrogen-bond acceptors (Lipinski definition) is 3. The minimum Gasteiger partial charge on any atom is -0.447 e. The average Bonchev–Trinajstić information content (AvgIpc) is 3.21. The first-order valence-corrected chi connectivity index (χ1v) is 6.52. The zero-order valence-corrected chi connectivity index (χ0v) is 11.5. The molecule has 5 heteroatoms. The van der Waals surface area contributed by atoms with Gasteiger partial charge in [-0.3, -0.25) is 0 Å². The van der Waals surface area contributed by atoms with Crippen LogP contribution in [0.15, 0.2) is 24.3 Å². The number of ether oxygens (including phenoxy) is 1. The molecule has 2 aromatic rings. The number of aromatic nitrogens is 1. The molecule has 0 saturated carbocycles. The zero-order chi connectivity index (χ0) is 22.6. The Kier molecular flexibility index (Phi) is 1.88. The van der Waals surface area contributed by atoms with Crippen molar-refractivity contribution in [2.24, 2.45) is 0 Å². The van der Waals surface area contributed by atoms with Crippen molar-refractivity contribution in [2.45, 2.75) is 18.8 Å². The Morgan fingerprint density at radius 1 is 1.62 bits per heavy atom. The number of aromatic amines is 1. The van der Waals surface area contributed by atoms with Gasteiger partial charge in [0.25, 0.3) is 0 Å². The molecule has 1 aromatic carbocycles. The minimum absolute atomic E-state index is 0.0412. The van der Waals surface area contributed by atoms with E-state index < -0.39 is 31.5 Å². The van der Waals surface area contributed by atoms with Crippen LogP contribution in [0.25, 0.3) is 10.9 Å². The highest BCUT2D eigenvalue weighted by Gasteiger charge is 2.22. The molecule has 2 N–H and O–H groups in total. The van der Waals surface area contributed by atoms with Crippen LogP contribution in [-0.2, 0) is 17.5 Å². The van der Waals surface area contributed by atoms with Crippen molar-refractivity contribution in [1.29, 1.82) is 0 Å². The summed E-state index contributed by atoms with van der Waals surface area (Å²) in [6.45, 7) is -2.58. The molecule has 0 bridgehead atoms. The van der Waals surface area contributed by atoms with Crippen molar-refractivity contribution < 1.29 is 21.9 Å². The van der Waals surface area contributed by atoms with Crippen LogP contribution in [-0.4, -0.2) is 49.2 Å². The Hall–Kier alpha value is -2.01. The number of alkyl carbamates (subject to hydrolysis) is 1. The molecule has 0 radical (unpaired) electrons. The van der Waals surface area contributed by atoms with Crippen molar-refractivity contribution in [3.8, 4) is 0 Å². The van der Waals surface area contributed by atoms with E-state index in [0.29, 0.717) is 0 Å². The topological polar surface area (TPSA) is 57.4 Å². The quantitative estimate of drug-likeness (QED) is 0.886. The van der Waals surface area contributed by atoms with E-state index in [4.69, 9.17) is 17.1 Å². The monoisotopic (exact) mass is 296 g/mol. The highest BCUT2D eigenvalue weighted by atomic mass is 16.6. The fourth-order valence-corrected chi connectivity index (χ4v) is 2.10. The van der Waals surface area contributed by atoms with Gasteiger partial charge in [0.05, 0.1) is 11.5 Å². The largest absolute Gasteiger partial charge is 0.447 e. The Morgan fingerprint density at radius 2 is 2.52 bits per heavy atom. The molecule has 21 heavy (non-hydrogen) atoms. The lowest BCUT2D eigenvalue weighted by molar-refractivity contribution is 0.177. The molecule has 1 aliphatic rings. The van der Waals surface area contributed by atoms with Gasteiger partial charge in [0.15, 0.2) is 0 Å². The van der Waals surface area contributed by atoms with Gasteiger partial charge in [-0.1, -0.05) is 6.04 Å². The summed E-state index contributed by atoms with van der Waals surface area (Å²) < 4.78 is 77.2. The number of nitrogens with one attached hydrogen (secondary N) is 2. The van der Waals surface area contributed by atoms with E-state index in [1.54, 1.807) is 0 Å². The van der Waals surface area contributed by atoms with Gasteiger partial charge in [-0.25, -0.2) is 4.79 Å². The van der Waals surface area contributed by atoms with E-state index in [9.17, 15) is 4.79 Å². The number of cyclic esters (lactones) is 1. The maximum atomic E-state index is 11.4. The lowest BCUT2D eigenvalue weighted by Crippen LogP contribution is -2.28. The fourth-order valence-electron chi connectivity index (χ4n) is 2.10. The first kappa shape index (κ1) is 6.83. The van der Waals surface area contributed by atoms with Crippen molar-refractivity contribution >= 4 is 17.0 Å². The molecule has 1 aliphatic heterocycles. The molecule has 2 heterocycles. The first-order valence-electron chi connectivity index (χ1n) is 11.0. The average molecular weight is 296 g/mol. The fraction of sp³-hybridized carbons (Fsp3) is 0.438. The van der Waals surface area contributed by atoms with Crippen LogP contribution < -0.4 is 5.32 Å². The predicted molar refractivity (Wildman–Crippen MR) is 82.5 cm³/mol. The summed E-state index contributed by atoms with van der Waals surface area (Å²) in [7, 11) is 1.40. The number of nitrogens with zero attached hydrogens (tertiary/aromatic N) is 1. The van der Waals surface area contributed by atoms with Crippen LogP contribution in [0.5, 0.6) is 0 Å². The number of carbonyl (C=O) groups is 1. The van der Waals surface area contributed by atoms with Crippen LogP contribution in [0.3, 0.4) is 0 Å². The molecule has 0 spiro atoms. The number of rotatable bonds is 5. The summed E-state index contributed by atoms with van der Waals surface area (Å²) in [6.07, 6.45) is -3.24. The standard InChI is InChI=1S/C16H21N3O2/c1-19(2)6-5-12-9-17-15-4-3-11(8-14(12)15)7-13-10-21-16(20)18-13/h3-4,8-9,13,17H,5-7,10H2,1-2H3,(H,18,20)/t13-/m0/s1/i1D3,3D,4D,7D2,8D,9D. The van der Waals surface area contributed by atoms with E-state index >= 15 is 0 Å². The number of hydrogen-bond donors (Lipinski definition) is 2. The Morgan fingerprint density at radius 3 is 3.29 bits per heavy atom. The number of likely N-dealkylation sites (N-methyl/N-ethyl adjacent to an activating group) is 1. The van der Waals surface area contributed by atoms with E-state index in [2.05, 4.69) is 10.3 Å². The molecule has 0 unspecified atom stereocenters. The van der Waals surface area contributed by atoms with Gasteiger partial charge < -0.3 is 19.9 Å². The van der Waals surface area contributed by atoms with Crippen LogP contribution >= 0.6 is 0 Å². The molecule has 112 valence electrons. The molecule has 1 amide bonds. The van der Waals surface area contributed by atoms with Crippen LogP contribution in [0.2, 0.25) is 0 Å². The Balaban J connectivity index is 2.13. The molecule has 1 fully saturated rings. The zero-order valence-electron chi connectivity index (χ0n) is 20.5. The second kappa shape index (κ2) is 5.77. The maximum absolute atomic E-state index is 11.4. The number of amides is 1. The summed E-state index contributed by atoms with van der Waals surface area (Å²) >= 11 is 0. The summed E-state index contributed by atoms with van der Waals surface area (Å²) in [6, 6.07) is -2.42. The third-order valence-corrected chi connectivity index (χ3v) is 3.14. The number of benzene rings is 1. The minimum atomic E-state index is -2.38. The third kappa shape index (κ3) is 3.19. The van der Waals surface area contributed by atoms with Crippen LogP contribution in [0.1, 0.15) is 23.5 Å². The summed E-state index contributed by atoms with van der Waals surface area (Å²) in [5, 5.41) is 2.41. The SMILES string of the molecule is [2H]c1[nH]c2c([2H])c([2H])c(C([2H])([2H])[C@H]3COC(=O)N3)c([2H])c2c1CCN(C)C([2H])([2H])[2H]. The lowest BCUT2D eigenvalue weighted by atomic mass is 10.0. The van der Waals surface area contributed by atoms with E-state index in [1.165, 1.54) is 7.05 Å². The van der Waals surface area contributed by atoms with Gasteiger partial charge in [0.1, 0.15) is 6.61 Å². The Bertz CT molecular complexity index is 1000. The molecule has 5 nitrogen and oxygen atoms in total. The molecule has 1 saturated heterocycles. The summed E-state index contributed by atoms with van der Waals surface area (Å²) in [5.41, 5.74) is -0.0728. The van der Waals surface area contributed by atoms with Gasteiger partial charge in [0.2, 0.25) is 0 Å². The van der Waals surface area contributed by atoms with Crippen LogP contribution in [0, 0.1) is 0 Å². The smallest absolute Gasteiger partial charge is 0.407 e. The second-order valence-electron chi connectivity index (χ2n) is 4.84. The lowest BCUT2D eigenvalue weighted by Gasteiger charge is -2.09. The molecule has 0 aliphatic carbocycles. The van der Waals surface area contributed by atoms with Gasteiger partial charge in [-0.05, 0) is 50.0 Å². The number of carbonyl (C=O) groups excluding carboxylic acids is 1. The Labute approximate surface area is 136 Å². The summed E-state index contributed by atoms with van der Waals surface area (Å²) in [4.78, 5) is 15.1. The normalized spacial score (nSPS) is 25.7. The van der Waals surface area contributed by atoms with Gasteiger partial charge in [0, 0.05) is 30.5 Å². The van der Waals surface area contributed by atoms with Gasteiger partial charge in [-0.15, -0.1) is 0 Å². The highest BCUT2D eigenvalue weighted by molar-refractivity contribution is 5.84. The summed E-state index contributed by atoms with van der Waals surface area (Å²) in [5.74, 6) is 0. The van der Waals surface area contributed by atoms with Crippen molar-refractivity contribution in [3.05, 3.63) is 35.4 Å². The van der Waals surface area contributed by atoms with Crippen LogP contribution in [0.4, 0.5) is 4.79 Å².